The molecule has 0 aromatic rings. The Hall–Kier alpha value is -0.730. The summed E-state index contributed by atoms with van der Waals surface area (Å²) in [6, 6.07) is 0. The van der Waals surface area contributed by atoms with Crippen molar-refractivity contribution < 1.29 is 30.3 Å². The van der Waals surface area contributed by atoms with Crippen LogP contribution in [0.5, 0.6) is 0 Å². The third-order valence-electron chi connectivity index (χ3n) is 3.96. The van der Waals surface area contributed by atoms with Gasteiger partial charge in [0, 0.05) is 20.0 Å². The van der Waals surface area contributed by atoms with Gasteiger partial charge in [-0.3, -0.25) is 4.79 Å². The van der Waals surface area contributed by atoms with E-state index >= 15 is 0 Å². The second kappa shape index (κ2) is 12.7. The first-order valence-corrected chi connectivity index (χ1v) is 8.42. The molecule has 0 heterocycles. The number of hydrogen-bond donors (Lipinski definition) is 5. The number of amides is 1. The van der Waals surface area contributed by atoms with Crippen LogP contribution >= 0.6 is 0 Å². The van der Waals surface area contributed by atoms with E-state index in [2.05, 4.69) is 6.92 Å². The van der Waals surface area contributed by atoms with Gasteiger partial charge in [-0.2, -0.15) is 0 Å². The van der Waals surface area contributed by atoms with Crippen LogP contribution in [-0.4, -0.2) is 81.0 Å². The van der Waals surface area contributed by atoms with Gasteiger partial charge in [-0.25, -0.2) is 0 Å². The van der Waals surface area contributed by atoms with Crippen molar-refractivity contribution in [2.45, 2.75) is 76.3 Å². The van der Waals surface area contributed by atoms with Crippen LogP contribution in [0.3, 0.4) is 0 Å². The van der Waals surface area contributed by atoms with Crippen LogP contribution in [0.1, 0.15) is 51.9 Å². The van der Waals surface area contributed by atoms with E-state index in [0.717, 1.165) is 19.3 Å². The van der Waals surface area contributed by atoms with Crippen molar-refractivity contribution in [3.63, 3.8) is 0 Å². The molecule has 0 aromatic heterocycles. The summed E-state index contributed by atoms with van der Waals surface area (Å²) in [7, 11) is 1.52. The molecule has 0 saturated heterocycles. The molecule has 0 bridgehead atoms. The van der Waals surface area contributed by atoms with E-state index < -0.39 is 31.0 Å². The monoisotopic (exact) mass is 335 g/mol. The van der Waals surface area contributed by atoms with Crippen molar-refractivity contribution in [3.8, 4) is 0 Å². The van der Waals surface area contributed by atoms with Gasteiger partial charge >= 0.3 is 0 Å². The van der Waals surface area contributed by atoms with E-state index in [1.54, 1.807) is 0 Å². The fourth-order valence-corrected chi connectivity index (χ4v) is 2.30. The third-order valence-corrected chi connectivity index (χ3v) is 3.96. The van der Waals surface area contributed by atoms with Gasteiger partial charge in [-0.05, 0) is 6.42 Å². The predicted molar refractivity (Wildman–Crippen MR) is 86.7 cm³/mol. The number of aliphatic hydroxyl groups excluding tert-OH is 5. The van der Waals surface area contributed by atoms with Gasteiger partial charge < -0.3 is 30.4 Å². The Morgan fingerprint density at radius 3 is 2.00 bits per heavy atom. The van der Waals surface area contributed by atoms with Crippen LogP contribution in [0.4, 0.5) is 0 Å². The summed E-state index contributed by atoms with van der Waals surface area (Å²) in [5.41, 5.74) is 0. The summed E-state index contributed by atoms with van der Waals surface area (Å²) in [6.45, 7) is 1.28. The van der Waals surface area contributed by atoms with Gasteiger partial charge in [0.15, 0.2) is 0 Å². The van der Waals surface area contributed by atoms with Crippen molar-refractivity contribution in [1.82, 2.24) is 4.90 Å². The Kier molecular flexibility index (Phi) is 12.3. The highest BCUT2D eigenvalue weighted by molar-refractivity contribution is 5.75. The van der Waals surface area contributed by atoms with Gasteiger partial charge in [0.2, 0.25) is 5.91 Å². The second-order valence-electron chi connectivity index (χ2n) is 6.09. The average molecular weight is 335 g/mol. The summed E-state index contributed by atoms with van der Waals surface area (Å²) in [5.74, 6) is -0.135. The van der Waals surface area contributed by atoms with Gasteiger partial charge in [0.25, 0.3) is 0 Å². The van der Waals surface area contributed by atoms with Crippen molar-refractivity contribution in [2.75, 3.05) is 20.2 Å². The van der Waals surface area contributed by atoms with E-state index in [1.807, 2.05) is 0 Å². The molecule has 0 rings (SSSR count). The molecule has 1 amide bonds. The summed E-state index contributed by atoms with van der Waals surface area (Å²) >= 11 is 0. The van der Waals surface area contributed by atoms with Crippen LogP contribution in [0.25, 0.3) is 0 Å². The number of hydrogen-bond acceptors (Lipinski definition) is 6. The topological polar surface area (TPSA) is 121 Å². The standard InChI is InChI=1S/C16H33NO6/c1-3-4-5-6-7-8-9-14(21)17(2)10-12(19)15(22)16(23)13(20)11-18/h12-13,15-16,18-20,22-23H,3-11H2,1-2H3/t12-,13-,15-,16-/m1/s1. The van der Waals surface area contributed by atoms with Crippen LogP contribution in [0.15, 0.2) is 0 Å². The number of nitrogens with zero attached hydrogens (tertiary/aromatic N) is 1. The molecule has 0 aromatic carbocycles. The Labute approximate surface area is 138 Å². The van der Waals surface area contributed by atoms with Crippen molar-refractivity contribution in [3.05, 3.63) is 0 Å². The maximum atomic E-state index is 11.9. The van der Waals surface area contributed by atoms with Crippen molar-refractivity contribution in [1.29, 1.82) is 0 Å². The first-order chi connectivity index (χ1) is 10.8. The zero-order chi connectivity index (χ0) is 17.8. The lowest BCUT2D eigenvalue weighted by Crippen LogP contribution is -2.49. The molecule has 7 nitrogen and oxygen atoms in total. The Morgan fingerprint density at radius 2 is 1.43 bits per heavy atom. The Morgan fingerprint density at radius 1 is 0.913 bits per heavy atom. The highest BCUT2D eigenvalue weighted by atomic mass is 16.4. The summed E-state index contributed by atoms with van der Waals surface area (Å²) in [5, 5.41) is 47.0. The fourth-order valence-electron chi connectivity index (χ4n) is 2.30. The van der Waals surface area contributed by atoms with E-state index in [0.29, 0.717) is 6.42 Å². The summed E-state index contributed by atoms with van der Waals surface area (Å²) in [4.78, 5) is 13.2. The molecule has 5 N–H and O–H groups in total. The van der Waals surface area contributed by atoms with E-state index in [1.165, 1.54) is 31.2 Å². The Bertz CT molecular complexity index is 315. The van der Waals surface area contributed by atoms with Gasteiger partial charge in [0.1, 0.15) is 24.4 Å². The highest BCUT2D eigenvalue weighted by Gasteiger charge is 2.31. The van der Waals surface area contributed by atoms with Crippen molar-refractivity contribution >= 4 is 5.91 Å². The maximum absolute atomic E-state index is 11.9. The van der Waals surface area contributed by atoms with Crippen molar-refractivity contribution in [2.24, 2.45) is 0 Å². The lowest BCUT2D eigenvalue weighted by atomic mass is 10.0. The molecule has 0 aliphatic heterocycles. The minimum atomic E-state index is -1.67. The minimum Gasteiger partial charge on any atom is -0.394 e. The number of likely N-dealkylation sites (N-methyl/N-ethyl adjacent to an activating group) is 1. The zero-order valence-corrected chi connectivity index (χ0v) is 14.3. The lowest BCUT2D eigenvalue weighted by molar-refractivity contribution is -0.138. The first-order valence-electron chi connectivity index (χ1n) is 8.42. The van der Waals surface area contributed by atoms with Gasteiger partial charge in [0.05, 0.1) is 6.61 Å². The minimum absolute atomic E-state index is 0.135. The smallest absolute Gasteiger partial charge is 0.222 e. The second-order valence-corrected chi connectivity index (χ2v) is 6.09. The molecule has 23 heavy (non-hydrogen) atoms. The van der Waals surface area contributed by atoms with E-state index in [9.17, 15) is 25.2 Å². The van der Waals surface area contributed by atoms with E-state index in [-0.39, 0.29) is 12.5 Å². The number of rotatable bonds is 13. The van der Waals surface area contributed by atoms with Gasteiger partial charge in [-0.15, -0.1) is 0 Å². The Balaban J connectivity index is 4.05. The zero-order valence-electron chi connectivity index (χ0n) is 14.3. The molecule has 0 radical (unpaired) electrons. The molecule has 0 saturated carbocycles. The quantitative estimate of drug-likeness (QED) is 0.293. The predicted octanol–water partition coefficient (Wildman–Crippen LogP) is -0.369. The van der Waals surface area contributed by atoms with Crippen LogP contribution in [-0.2, 0) is 4.79 Å². The average Bonchev–Trinajstić information content (AvgIpc) is 2.55. The lowest BCUT2D eigenvalue weighted by Gasteiger charge is -2.28. The molecule has 0 fully saturated rings. The molecule has 0 aliphatic carbocycles. The SMILES string of the molecule is CCCCCCCCC(=O)N(C)C[C@@H](O)[C@@H](O)[C@H](O)[C@H](O)CO. The summed E-state index contributed by atoms with van der Waals surface area (Å²) in [6.07, 6.45) is 0.593. The molecule has 0 spiro atoms. The van der Waals surface area contributed by atoms with Crippen LogP contribution in [0, 0.1) is 0 Å². The molecule has 7 heteroatoms. The molecule has 0 aliphatic rings. The molecule has 4 atom stereocenters. The highest BCUT2D eigenvalue weighted by Crippen LogP contribution is 2.10. The molecular formula is C16H33NO6. The third kappa shape index (κ3) is 9.22. The largest absolute Gasteiger partial charge is 0.394 e. The number of unbranched alkanes of at least 4 members (excludes halogenated alkanes) is 5. The summed E-state index contributed by atoms with van der Waals surface area (Å²) < 4.78 is 0. The van der Waals surface area contributed by atoms with Crippen LogP contribution in [0.2, 0.25) is 0 Å². The van der Waals surface area contributed by atoms with Crippen LogP contribution < -0.4 is 0 Å². The number of carbonyl (C=O) groups is 1. The number of carbonyl (C=O) groups excluding carboxylic acids is 1. The molecular weight excluding hydrogens is 302 g/mol. The normalized spacial score (nSPS) is 16.7. The molecule has 0 unspecified atom stereocenters. The maximum Gasteiger partial charge on any atom is 0.222 e. The first kappa shape index (κ1) is 22.3. The van der Waals surface area contributed by atoms with E-state index in [4.69, 9.17) is 5.11 Å². The van der Waals surface area contributed by atoms with Gasteiger partial charge in [-0.1, -0.05) is 39.0 Å². The fraction of sp³-hybridized carbons (Fsp3) is 0.938. The molecule has 138 valence electrons. The number of aliphatic hydroxyl groups is 5.